The minimum atomic E-state index is -0.613. The molecule has 3 fully saturated rings. The van der Waals surface area contributed by atoms with Crippen LogP contribution in [0, 0.1) is 5.92 Å². The Labute approximate surface area is 97.4 Å². The average molecular weight is 270 g/mol. The summed E-state index contributed by atoms with van der Waals surface area (Å²) in [6, 6.07) is 10.4. The van der Waals surface area contributed by atoms with Gasteiger partial charge in [-0.25, -0.2) is 4.39 Å². The highest BCUT2D eigenvalue weighted by Crippen LogP contribution is 2.48. The number of fused-ring (bicyclic) bond motifs is 1. The smallest absolute Gasteiger partial charge is 0.122 e. The number of alkyl halides is 2. The van der Waals surface area contributed by atoms with E-state index < -0.39 is 6.17 Å². The Bertz CT molecular complexity index is 346. The molecule has 1 aliphatic carbocycles. The molecule has 1 aromatic carbocycles. The first-order valence-corrected chi connectivity index (χ1v) is 6.25. The molecule has 0 unspecified atom stereocenters. The van der Waals surface area contributed by atoms with Crippen LogP contribution in [0.1, 0.15) is 5.56 Å². The Balaban J connectivity index is 1.71. The normalized spacial score (nSPS) is 39.1. The molecule has 2 heterocycles. The van der Waals surface area contributed by atoms with Crippen LogP contribution in [-0.4, -0.2) is 28.5 Å². The van der Waals surface area contributed by atoms with E-state index in [0.29, 0.717) is 4.83 Å². The first-order valence-electron chi connectivity index (χ1n) is 5.33. The van der Waals surface area contributed by atoms with Crippen LogP contribution in [0.3, 0.4) is 0 Å². The molecular weight excluding hydrogens is 257 g/mol. The van der Waals surface area contributed by atoms with E-state index in [1.165, 1.54) is 5.56 Å². The molecule has 0 N–H and O–H groups in total. The van der Waals surface area contributed by atoms with Crippen molar-refractivity contribution in [1.82, 2.24) is 4.90 Å². The van der Waals surface area contributed by atoms with Crippen molar-refractivity contribution in [2.75, 3.05) is 6.54 Å². The predicted molar refractivity (Wildman–Crippen MR) is 61.7 cm³/mol. The Hall–Kier alpha value is -0.410. The van der Waals surface area contributed by atoms with Gasteiger partial charge in [-0.3, -0.25) is 4.90 Å². The molecule has 0 radical (unpaired) electrons. The van der Waals surface area contributed by atoms with Gasteiger partial charge >= 0.3 is 0 Å². The number of rotatable bonds is 2. The molecule has 2 bridgehead atoms. The maximum atomic E-state index is 13.5. The summed E-state index contributed by atoms with van der Waals surface area (Å²) >= 11 is 3.57. The molecule has 3 heteroatoms. The van der Waals surface area contributed by atoms with E-state index in [0.717, 1.165) is 13.1 Å². The lowest BCUT2D eigenvalue weighted by Crippen LogP contribution is -2.50. The van der Waals surface area contributed by atoms with Gasteiger partial charge in [0.1, 0.15) is 6.17 Å². The van der Waals surface area contributed by atoms with E-state index in [9.17, 15) is 4.39 Å². The van der Waals surface area contributed by atoms with Crippen LogP contribution in [-0.2, 0) is 6.54 Å². The second kappa shape index (κ2) is 3.56. The van der Waals surface area contributed by atoms with E-state index in [-0.39, 0.29) is 12.0 Å². The van der Waals surface area contributed by atoms with Crippen LogP contribution < -0.4 is 0 Å². The third-order valence-corrected chi connectivity index (χ3v) is 4.79. The van der Waals surface area contributed by atoms with Crippen molar-refractivity contribution in [3.63, 3.8) is 0 Å². The quantitative estimate of drug-likeness (QED) is 0.747. The molecule has 80 valence electrons. The Morgan fingerprint density at radius 1 is 1.33 bits per heavy atom. The topological polar surface area (TPSA) is 3.24 Å². The first kappa shape index (κ1) is 9.79. The van der Waals surface area contributed by atoms with Crippen LogP contribution >= 0.6 is 15.9 Å². The molecule has 3 aliphatic rings. The average Bonchev–Trinajstić information content (AvgIpc) is 2.75. The molecule has 1 nitrogen and oxygen atoms in total. The van der Waals surface area contributed by atoms with Crippen LogP contribution in [0.4, 0.5) is 4.39 Å². The lowest BCUT2D eigenvalue weighted by atomic mass is 9.84. The van der Waals surface area contributed by atoms with Gasteiger partial charge in [-0.1, -0.05) is 46.3 Å². The predicted octanol–water partition coefficient (Wildman–Crippen LogP) is 2.60. The monoisotopic (exact) mass is 269 g/mol. The summed E-state index contributed by atoms with van der Waals surface area (Å²) < 4.78 is 13.5. The summed E-state index contributed by atoms with van der Waals surface area (Å²) in [5, 5.41) is 0. The van der Waals surface area contributed by atoms with Crippen molar-refractivity contribution in [1.29, 1.82) is 0 Å². The van der Waals surface area contributed by atoms with Gasteiger partial charge in [-0.2, -0.15) is 0 Å². The molecule has 2 aliphatic heterocycles. The Morgan fingerprint density at radius 3 is 2.60 bits per heavy atom. The SMILES string of the molecule is F[C@H]1[C@@H]2CN(Cc3ccccc3)[C@H]1[C@@H]2Br. The number of benzene rings is 1. The summed E-state index contributed by atoms with van der Waals surface area (Å²) in [6.07, 6.45) is -0.613. The van der Waals surface area contributed by atoms with Gasteiger partial charge in [0.2, 0.25) is 0 Å². The second-order valence-electron chi connectivity index (χ2n) is 4.46. The lowest BCUT2D eigenvalue weighted by molar-refractivity contribution is 0.112. The zero-order valence-electron chi connectivity index (χ0n) is 8.31. The molecule has 0 spiro atoms. The fourth-order valence-corrected chi connectivity index (χ4v) is 3.78. The number of halogens is 2. The molecule has 4 rings (SSSR count). The van der Waals surface area contributed by atoms with Crippen molar-refractivity contribution < 1.29 is 4.39 Å². The maximum absolute atomic E-state index is 13.5. The van der Waals surface area contributed by atoms with Gasteiger partial charge in [0.05, 0.1) is 6.04 Å². The summed E-state index contributed by atoms with van der Waals surface area (Å²) in [5.74, 6) is 0.221. The van der Waals surface area contributed by atoms with E-state index in [2.05, 4.69) is 33.0 Å². The fourth-order valence-electron chi connectivity index (χ4n) is 2.70. The first-order chi connectivity index (χ1) is 7.27. The van der Waals surface area contributed by atoms with Gasteiger partial charge in [0.15, 0.2) is 0 Å². The van der Waals surface area contributed by atoms with Crippen molar-refractivity contribution in [3.8, 4) is 0 Å². The number of nitrogens with zero attached hydrogens (tertiary/aromatic N) is 1. The highest BCUT2D eigenvalue weighted by molar-refractivity contribution is 9.09. The van der Waals surface area contributed by atoms with Crippen LogP contribution in [0.2, 0.25) is 0 Å². The van der Waals surface area contributed by atoms with Crippen molar-refractivity contribution in [3.05, 3.63) is 35.9 Å². The molecule has 0 aromatic heterocycles. The lowest BCUT2D eigenvalue weighted by Gasteiger charge is -2.36. The minimum absolute atomic E-state index is 0.107. The third kappa shape index (κ3) is 1.44. The van der Waals surface area contributed by atoms with Gasteiger partial charge in [0, 0.05) is 23.8 Å². The maximum Gasteiger partial charge on any atom is 0.122 e. The zero-order chi connectivity index (χ0) is 10.4. The summed E-state index contributed by atoms with van der Waals surface area (Å²) in [4.78, 5) is 2.63. The van der Waals surface area contributed by atoms with E-state index in [4.69, 9.17) is 0 Å². The molecule has 1 saturated carbocycles. The van der Waals surface area contributed by atoms with Gasteiger partial charge in [0.25, 0.3) is 0 Å². The van der Waals surface area contributed by atoms with Crippen LogP contribution in [0.5, 0.6) is 0 Å². The van der Waals surface area contributed by atoms with Crippen LogP contribution in [0.25, 0.3) is 0 Å². The van der Waals surface area contributed by atoms with E-state index in [1.54, 1.807) is 0 Å². The van der Waals surface area contributed by atoms with E-state index >= 15 is 0 Å². The zero-order valence-corrected chi connectivity index (χ0v) is 9.90. The van der Waals surface area contributed by atoms with Crippen molar-refractivity contribution in [2.24, 2.45) is 5.92 Å². The van der Waals surface area contributed by atoms with Crippen molar-refractivity contribution >= 4 is 15.9 Å². The summed E-state index contributed by atoms with van der Waals surface area (Å²) in [7, 11) is 0. The second-order valence-corrected chi connectivity index (χ2v) is 5.52. The Morgan fingerprint density at radius 2 is 2.07 bits per heavy atom. The molecular formula is C12H13BrFN. The van der Waals surface area contributed by atoms with Gasteiger partial charge in [-0.15, -0.1) is 0 Å². The molecule has 4 atom stereocenters. The largest absolute Gasteiger partial charge is 0.292 e. The Kier molecular flexibility index (Phi) is 2.33. The van der Waals surface area contributed by atoms with Gasteiger partial charge < -0.3 is 0 Å². The summed E-state index contributed by atoms with van der Waals surface area (Å²) in [5.41, 5.74) is 1.27. The van der Waals surface area contributed by atoms with Crippen LogP contribution in [0.15, 0.2) is 30.3 Å². The molecule has 15 heavy (non-hydrogen) atoms. The third-order valence-electron chi connectivity index (χ3n) is 3.57. The number of hydrogen-bond donors (Lipinski definition) is 0. The number of hydrogen-bond acceptors (Lipinski definition) is 1. The minimum Gasteiger partial charge on any atom is -0.292 e. The highest BCUT2D eigenvalue weighted by atomic mass is 79.9. The standard InChI is InChI=1S/C12H13BrFN/c13-10-9-7-15(12(10)11(9)14)6-8-4-2-1-3-5-8/h1-5,9-12H,6-7H2/t9-,10-,11+,12+/m1/s1. The highest BCUT2D eigenvalue weighted by Gasteiger charge is 2.59. The molecule has 1 aromatic rings. The van der Waals surface area contributed by atoms with E-state index in [1.807, 2.05) is 18.2 Å². The molecule has 0 amide bonds. The summed E-state index contributed by atoms with van der Waals surface area (Å²) in [6.45, 7) is 1.78. The van der Waals surface area contributed by atoms with Gasteiger partial charge in [-0.05, 0) is 5.56 Å². The fraction of sp³-hybridized carbons (Fsp3) is 0.500. The van der Waals surface area contributed by atoms with Crippen molar-refractivity contribution in [2.45, 2.75) is 23.6 Å². The molecule has 2 saturated heterocycles.